The van der Waals surface area contributed by atoms with Crippen LogP contribution in [0, 0.1) is 6.92 Å². The molecule has 1 saturated heterocycles. The van der Waals surface area contributed by atoms with E-state index in [1.54, 1.807) is 12.3 Å². The van der Waals surface area contributed by atoms with Crippen LogP contribution in [0.2, 0.25) is 0 Å². The van der Waals surface area contributed by atoms with Gasteiger partial charge in [-0.15, -0.1) is 0 Å². The van der Waals surface area contributed by atoms with Crippen molar-refractivity contribution in [3.8, 4) is 0 Å². The second-order valence-corrected chi connectivity index (χ2v) is 5.60. The Morgan fingerprint density at radius 3 is 2.81 bits per heavy atom. The number of pyridine rings is 1. The number of hydrogen-bond donors (Lipinski definition) is 3. The van der Waals surface area contributed by atoms with E-state index >= 15 is 0 Å². The van der Waals surface area contributed by atoms with E-state index in [-0.39, 0.29) is 11.9 Å². The van der Waals surface area contributed by atoms with Crippen molar-refractivity contribution in [3.05, 3.63) is 23.5 Å². The van der Waals surface area contributed by atoms with Gasteiger partial charge < -0.3 is 15.6 Å². The highest BCUT2D eigenvalue weighted by molar-refractivity contribution is 5.99. The predicted octanol–water partition coefficient (Wildman–Crippen LogP) is 1.28. The van der Waals surface area contributed by atoms with Gasteiger partial charge in [0.1, 0.15) is 0 Å². The Morgan fingerprint density at radius 1 is 1.48 bits per heavy atom. The lowest BCUT2D eigenvalue weighted by Crippen LogP contribution is -2.45. The first-order chi connectivity index (χ1) is 10.1. The fourth-order valence-corrected chi connectivity index (χ4v) is 2.74. The first-order valence-corrected chi connectivity index (χ1v) is 7.60. The number of anilines is 1. The van der Waals surface area contributed by atoms with Gasteiger partial charge in [0.05, 0.1) is 11.3 Å². The number of nitrogen functional groups attached to an aromatic ring is 1. The number of carbonyl (C=O) groups excluding carboxylic acids is 1. The van der Waals surface area contributed by atoms with E-state index in [0.29, 0.717) is 11.3 Å². The second-order valence-electron chi connectivity index (χ2n) is 5.60. The van der Waals surface area contributed by atoms with Gasteiger partial charge in [0.25, 0.3) is 5.91 Å². The normalized spacial score (nSPS) is 16.7. The van der Waals surface area contributed by atoms with Crippen LogP contribution >= 0.6 is 0 Å². The Bertz CT molecular complexity index is 483. The molecule has 0 saturated carbocycles. The number of aryl methyl sites for hydroxylation is 1. The van der Waals surface area contributed by atoms with Crippen LogP contribution in [-0.4, -0.2) is 41.5 Å². The highest BCUT2D eigenvalue weighted by Crippen LogP contribution is 2.16. The lowest BCUT2D eigenvalue weighted by Gasteiger charge is -2.32. The van der Waals surface area contributed by atoms with Crippen LogP contribution in [-0.2, 0) is 0 Å². The molecule has 2 heterocycles. The zero-order valence-electron chi connectivity index (χ0n) is 12.9. The highest BCUT2D eigenvalue weighted by Gasteiger charge is 2.21. The molecular formula is C15H25N5O. The van der Waals surface area contributed by atoms with E-state index in [0.717, 1.165) is 38.2 Å². The van der Waals surface area contributed by atoms with Gasteiger partial charge in [-0.2, -0.15) is 0 Å². The van der Waals surface area contributed by atoms with Crippen molar-refractivity contribution < 1.29 is 4.79 Å². The number of amides is 1. The number of hydrogen-bond acceptors (Lipinski definition) is 5. The summed E-state index contributed by atoms with van der Waals surface area (Å²) in [4.78, 5) is 19.0. The maximum Gasteiger partial charge on any atom is 0.255 e. The Hall–Kier alpha value is -1.66. The lowest BCUT2D eigenvalue weighted by molar-refractivity contribution is 0.0911. The van der Waals surface area contributed by atoms with Gasteiger partial charge in [0.2, 0.25) is 0 Å². The summed E-state index contributed by atoms with van der Waals surface area (Å²) in [6, 6.07) is 2.01. The van der Waals surface area contributed by atoms with Crippen molar-refractivity contribution in [3.63, 3.8) is 0 Å². The third-order valence-electron chi connectivity index (χ3n) is 3.90. The van der Waals surface area contributed by atoms with Gasteiger partial charge in [-0.3, -0.25) is 15.6 Å². The van der Waals surface area contributed by atoms with E-state index < -0.39 is 0 Å². The average molecular weight is 291 g/mol. The summed E-state index contributed by atoms with van der Waals surface area (Å²) in [5.41, 5.74) is 4.51. The van der Waals surface area contributed by atoms with Crippen molar-refractivity contribution in [2.75, 3.05) is 25.1 Å². The number of nitrogens with two attached hydrogens (primary N) is 1. The van der Waals surface area contributed by atoms with E-state index in [1.165, 1.54) is 6.42 Å². The van der Waals surface area contributed by atoms with Crippen LogP contribution in [0.1, 0.15) is 42.2 Å². The zero-order valence-corrected chi connectivity index (χ0v) is 12.9. The van der Waals surface area contributed by atoms with Crippen molar-refractivity contribution >= 4 is 11.6 Å². The number of nitrogens with one attached hydrogen (secondary N) is 2. The third-order valence-corrected chi connectivity index (χ3v) is 3.90. The minimum absolute atomic E-state index is 0.107. The standard InChI is InChI=1S/C15H25N5O/c1-3-6-20-7-4-12(5-8-20)18-15(21)13-10-17-11(2)9-14(13)19-16/h9-10,12H,3-8,16H2,1-2H3,(H,17,19)(H,18,21). The summed E-state index contributed by atoms with van der Waals surface area (Å²) < 4.78 is 0. The molecule has 1 aliphatic heterocycles. The molecule has 0 radical (unpaired) electrons. The summed E-state index contributed by atoms with van der Waals surface area (Å²) in [6.07, 6.45) is 4.75. The largest absolute Gasteiger partial charge is 0.349 e. The second kappa shape index (κ2) is 7.38. The van der Waals surface area contributed by atoms with Gasteiger partial charge in [-0.1, -0.05) is 6.92 Å². The number of likely N-dealkylation sites (tertiary alicyclic amines) is 1. The van der Waals surface area contributed by atoms with E-state index in [9.17, 15) is 4.79 Å². The Kier molecular flexibility index (Phi) is 5.52. The number of hydrazine groups is 1. The molecule has 2 rings (SSSR count). The minimum atomic E-state index is -0.107. The number of aromatic nitrogens is 1. The molecule has 0 aliphatic carbocycles. The van der Waals surface area contributed by atoms with Crippen LogP contribution in [0.4, 0.5) is 5.69 Å². The molecule has 1 amide bonds. The third kappa shape index (κ3) is 4.15. The monoisotopic (exact) mass is 291 g/mol. The number of nitrogens with zero attached hydrogens (tertiary/aromatic N) is 2. The highest BCUT2D eigenvalue weighted by atomic mass is 16.1. The van der Waals surface area contributed by atoms with Gasteiger partial charge in [0.15, 0.2) is 0 Å². The molecular weight excluding hydrogens is 266 g/mol. The average Bonchev–Trinajstić information content (AvgIpc) is 2.49. The topological polar surface area (TPSA) is 83.3 Å². The molecule has 6 heteroatoms. The lowest BCUT2D eigenvalue weighted by atomic mass is 10.0. The Balaban J connectivity index is 1.93. The van der Waals surface area contributed by atoms with Crippen molar-refractivity contribution in [2.45, 2.75) is 39.2 Å². The number of rotatable bonds is 5. The van der Waals surface area contributed by atoms with Gasteiger partial charge in [-0.05, 0) is 38.8 Å². The minimum Gasteiger partial charge on any atom is -0.349 e. The van der Waals surface area contributed by atoms with Crippen LogP contribution < -0.4 is 16.6 Å². The summed E-state index contributed by atoms with van der Waals surface area (Å²) in [7, 11) is 0. The SMILES string of the molecule is CCCN1CCC(NC(=O)c2cnc(C)cc2NN)CC1. The molecule has 0 spiro atoms. The summed E-state index contributed by atoms with van der Waals surface area (Å²) in [5.74, 6) is 5.37. The van der Waals surface area contributed by atoms with Crippen molar-refractivity contribution in [2.24, 2.45) is 5.84 Å². The van der Waals surface area contributed by atoms with Crippen molar-refractivity contribution in [1.82, 2.24) is 15.2 Å². The van der Waals surface area contributed by atoms with Gasteiger partial charge in [0, 0.05) is 31.0 Å². The van der Waals surface area contributed by atoms with Crippen LogP contribution in [0.5, 0.6) is 0 Å². The van der Waals surface area contributed by atoms with Crippen LogP contribution in [0.25, 0.3) is 0 Å². The molecule has 21 heavy (non-hydrogen) atoms. The van der Waals surface area contributed by atoms with E-state index in [4.69, 9.17) is 5.84 Å². The smallest absolute Gasteiger partial charge is 0.255 e. The van der Waals surface area contributed by atoms with Gasteiger partial charge in [-0.25, -0.2) is 0 Å². The quantitative estimate of drug-likeness (QED) is 0.562. The fourth-order valence-electron chi connectivity index (χ4n) is 2.74. The molecule has 116 valence electrons. The fraction of sp³-hybridized carbons (Fsp3) is 0.600. The van der Waals surface area contributed by atoms with Gasteiger partial charge >= 0.3 is 0 Å². The molecule has 1 aromatic heterocycles. The molecule has 0 bridgehead atoms. The maximum absolute atomic E-state index is 12.4. The van der Waals surface area contributed by atoms with E-state index in [2.05, 4.69) is 27.6 Å². The molecule has 1 aromatic rings. The first kappa shape index (κ1) is 15.7. The number of piperidine rings is 1. The first-order valence-electron chi connectivity index (χ1n) is 7.60. The molecule has 4 N–H and O–H groups in total. The van der Waals surface area contributed by atoms with Crippen LogP contribution in [0.15, 0.2) is 12.3 Å². The molecule has 0 atom stereocenters. The van der Waals surface area contributed by atoms with Crippen molar-refractivity contribution in [1.29, 1.82) is 0 Å². The summed E-state index contributed by atoms with van der Waals surface area (Å²) in [6.45, 7) is 7.30. The molecule has 0 aromatic carbocycles. The molecule has 1 aliphatic rings. The summed E-state index contributed by atoms with van der Waals surface area (Å²) >= 11 is 0. The van der Waals surface area contributed by atoms with E-state index in [1.807, 2.05) is 6.92 Å². The molecule has 0 unspecified atom stereocenters. The van der Waals surface area contributed by atoms with Crippen LogP contribution in [0.3, 0.4) is 0 Å². The Morgan fingerprint density at radius 2 is 2.19 bits per heavy atom. The molecule has 1 fully saturated rings. The zero-order chi connectivity index (χ0) is 15.2. The molecule has 6 nitrogen and oxygen atoms in total. The number of carbonyl (C=O) groups is 1. The maximum atomic E-state index is 12.4. The summed E-state index contributed by atoms with van der Waals surface area (Å²) in [5, 5.41) is 3.09. The Labute approximate surface area is 126 Å². The predicted molar refractivity (Wildman–Crippen MR) is 84.0 cm³/mol.